The zero-order valence-corrected chi connectivity index (χ0v) is 14.9. The van der Waals surface area contributed by atoms with Gasteiger partial charge in [-0.05, 0) is 25.5 Å². The number of carbonyl (C=O) groups excluding carboxylic acids is 1. The fourth-order valence-electron chi connectivity index (χ4n) is 2.00. The van der Waals surface area contributed by atoms with Crippen LogP contribution in [-0.4, -0.2) is 32.9 Å². The highest BCUT2D eigenvalue weighted by atomic mass is 35.5. The fourth-order valence-corrected chi connectivity index (χ4v) is 2.32. The molecule has 25 heavy (non-hydrogen) atoms. The van der Waals surface area contributed by atoms with E-state index in [9.17, 15) is 9.59 Å². The van der Waals surface area contributed by atoms with E-state index in [2.05, 4.69) is 10.4 Å². The third kappa shape index (κ3) is 5.95. The number of aromatic nitrogens is 2. The molecule has 9 heteroatoms. The van der Waals surface area contributed by atoms with E-state index in [0.29, 0.717) is 34.4 Å². The smallest absolute Gasteiger partial charge is 0.303 e. The molecule has 1 unspecified atom stereocenters. The van der Waals surface area contributed by atoms with Crippen LogP contribution in [0.25, 0.3) is 0 Å². The molecule has 1 heterocycles. The zero-order chi connectivity index (χ0) is 18.4. The average molecular weight is 386 g/mol. The van der Waals surface area contributed by atoms with Gasteiger partial charge in [-0.2, -0.15) is 5.10 Å². The number of nitrogens with zero attached hydrogens (tertiary/aromatic N) is 2. The van der Waals surface area contributed by atoms with Gasteiger partial charge >= 0.3 is 5.97 Å². The molecule has 0 aliphatic carbocycles. The highest BCUT2D eigenvalue weighted by Gasteiger charge is 2.17. The number of carboxylic acid groups (broad SMARTS) is 1. The lowest BCUT2D eigenvalue weighted by molar-refractivity contribution is -0.137. The van der Waals surface area contributed by atoms with Crippen molar-refractivity contribution in [3.8, 4) is 5.75 Å². The zero-order valence-electron chi connectivity index (χ0n) is 13.4. The number of hydrogen-bond donors (Lipinski definition) is 2. The molecule has 0 spiro atoms. The Hall–Kier alpha value is -2.25. The monoisotopic (exact) mass is 385 g/mol. The van der Waals surface area contributed by atoms with Crippen molar-refractivity contribution in [3.63, 3.8) is 0 Å². The Morgan fingerprint density at radius 1 is 1.40 bits per heavy atom. The molecule has 0 bridgehead atoms. The van der Waals surface area contributed by atoms with Crippen LogP contribution in [0.5, 0.6) is 5.75 Å². The van der Waals surface area contributed by atoms with E-state index in [1.165, 1.54) is 12.3 Å². The fraction of sp³-hybridized carbons (Fsp3) is 0.312. The van der Waals surface area contributed by atoms with Gasteiger partial charge in [-0.3, -0.25) is 14.3 Å². The molecule has 2 aromatic rings. The predicted octanol–water partition coefficient (Wildman–Crippen LogP) is 3.46. The highest BCUT2D eigenvalue weighted by Crippen LogP contribution is 2.28. The van der Waals surface area contributed by atoms with Crippen LogP contribution in [-0.2, 0) is 16.1 Å². The standard InChI is InChI=1S/C16H17Cl2N3O4/c1-10(25-14-7-11(17)4-5-13(14)18)16(24)20-12-8-19-21(9-12)6-2-3-15(22)23/h4-5,7-10H,2-3,6H2,1H3,(H,20,24)(H,22,23). The molecule has 0 aliphatic heterocycles. The van der Waals surface area contributed by atoms with Gasteiger partial charge in [0.05, 0.1) is 16.9 Å². The minimum Gasteiger partial charge on any atom is -0.481 e. The summed E-state index contributed by atoms with van der Waals surface area (Å²) in [5, 5.41) is 16.2. The number of aliphatic carboxylic acids is 1. The molecule has 0 fully saturated rings. The van der Waals surface area contributed by atoms with Crippen LogP contribution in [0.1, 0.15) is 19.8 Å². The van der Waals surface area contributed by atoms with E-state index in [-0.39, 0.29) is 12.3 Å². The van der Waals surface area contributed by atoms with Crippen LogP contribution in [0.15, 0.2) is 30.6 Å². The molecule has 0 aliphatic rings. The van der Waals surface area contributed by atoms with E-state index < -0.39 is 12.1 Å². The second-order valence-corrected chi connectivity index (χ2v) is 6.16. The maximum atomic E-state index is 12.2. The predicted molar refractivity (Wildman–Crippen MR) is 94.3 cm³/mol. The van der Waals surface area contributed by atoms with E-state index in [1.807, 2.05) is 0 Å². The number of anilines is 1. The van der Waals surface area contributed by atoms with Crippen molar-refractivity contribution in [2.24, 2.45) is 0 Å². The first kappa shape index (κ1) is 19.1. The second-order valence-electron chi connectivity index (χ2n) is 5.31. The minimum atomic E-state index is -0.855. The average Bonchev–Trinajstić information content (AvgIpc) is 2.97. The first-order chi connectivity index (χ1) is 11.8. The van der Waals surface area contributed by atoms with Crippen LogP contribution in [0.3, 0.4) is 0 Å². The first-order valence-corrected chi connectivity index (χ1v) is 8.27. The molecule has 1 amide bonds. The van der Waals surface area contributed by atoms with Gasteiger partial charge < -0.3 is 15.2 Å². The molecular formula is C16H17Cl2N3O4. The van der Waals surface area contributed by atoms with Crippen molar-refractivity contribution in [1.29, 1.82) is 0 Å². The molecule has 1 aromatic carbocycles. The van der Waals surface area contributed by atoms with Gasteiger partial charge in [0.15, 0.2) is 6.10 Å². The third-order valence-electron chi connectivity index (χ3n) is 3.24. The van der Waals surface area contributed by atoms with Crippen molar-refractivity contribution in [1.82, 2.24) is 9.78 Å². The number of nitrogens with one attached hydrogen (secondary N) is 1. The largest absolute Gasteiger partial charge is 0.481 e. The van der Waals surface area contributed by atoms with E-state index in [4.69, 9.17) is 33.0 Å². The maximum absolute atomic E-state index is 12.2. The maximum Gasteiger partial charge on any atom is 0.303 e. The number of benzene rings is 1. The SMILES string of the molecule is CC(Oc1cc(Cl)ccc1Cl)C(=O)Nc1cnn(CCCC(=O)O)c1. The number of aryl methyl sites for hydroxylation is 1. The number of amides is 1. The quantitative estimate of drug-likeness (QED) is 0.725. The van der Waals surface area contributed by atoms with Gasteiger partial charge in [-0.25, -0.2) is 0 Å². The Morgan fingerprint density at radius 3 is 2.88 bits per heavy atom. The Labute approximate surface area is 154 Å². The number of halogens is 2. The molecule has 1 aromatic heterocycles. The van der Waals surface area contributed by atoms with Crippen molar-refractivity contribution in [3.05, 3.63) is 40.6 Å². The van der Waals surface area contributed by atoms with Crippen LogP contribution in [0.2, 0.25) is 10.0 Å². The summed E-state index contributed by atoms with van der Waals surface area (Å²) in [6.07, 6.45) is 2.83. The molecule has 0 saturated carbocycles. The number of carbonyl (C=O) groups is 2. The van der Waals surface area contributed by atoms with Gasteiger partial charge in [0.2, 0.25) is 0 Å². The Kier molecular flexibility index (Phi) is 6.66. The van der Waals surface area contributed by atoms with Crippen molar-refractivity contribution in [2.75, 3.05) is 5.32 Å². The summed E-state index contributed by atoms with van der Waals surface area (Å²) in [6.45, 7) is 2.04. The minimum absolute atomic E-state index is 0.0623. The van der Waals surface area contributed by atoms with Crippen molar-refractivity contribution < 1.29 is 19.4 Å². The van der Waals surface area contributed by atoms with Gasteiger partial charge in [-0.15, -0.1) is 0 Å². The molecule has 134 valence electrons. The summed E-state index contributed by atoms with van der Waals surface area (Å²) in [7, 11) is 0. The summed E-state index contributed by atoms with van der Waals surface area (Å²) < 4.78 is 7.10. The van der Waals surface area contributed by atoms with E-state index >= 15 is 0 Å². The van der Waals surface area contributed by atoms with Crippen LogP contribution < -0.4 is 10.1 Å². The normalized spacial score (nSPS) is 11.8. The Bertz CT molecular complexity index is 764. The molecule has 0 saturated heterocycles. The van der Waals surface area contributed by atoms with Crippen LogP contribution in [0, 0.1) is 0 Å². The van der Waals surface area contributed by atoms with E-state index in [0.717, 1.165) is 0 Å². The summed E-state index contributed by atoms with van der Waals surface area (Å²) in [4.78, 5) is 22.7. The molecule has 0 radical (unpaired) electrons. The molecule has 7 nitrogen and oxygen atoms in total. The summed E-state index contributed by atoms with van der Waals surface area (Å²) >= 11 is 11.9. The van der Waals surface area contributed by atoms with Crippen LogP contribution >= 0.6 is 23.2 Å². The van der Waals surface area contributed by atoms with Gasteiger partial charge in [0.1, 0.15) is 5.75 Å². The number of ether oxygens (including phenoxy) is 1. The van der Waals surface area contributed by atoms with Gasteiger partial charge in [0, 0.05) is 30.3 Å². The third-order valence-corrected chi connectivity index (χ3v) is 3.79. The van der Waals surface area contributed by atoms with Crippen molar-refractivity contribution in [2.45, 2.75) is 32.4 Å². The summed E-state index contributed by atoms with van der Waals surface area (Å²) in [6, 6.07) is 4.75. The first-order valence-electron chi connectivity index (χ1n) is 7.52. The highest BCUT2D eigenvalue weighted by molar-refractivity contribution is 6.34. The number of rotatable bonds is 8. The van der Waals surface area contributed by atoms with Crippen molar-refractivity contribution >= 4 is 40.8 Å². The molecule has 2 N–H and O–H groups in total. The lowest BCUT2D eigenvalue weighted by Crippen LogP contribution is -2.30. The van der Waals surface area contributed by atoms with Gasteiger partial charge in [0.25, 0.3) is 5.91 Å². The lowest BCUT2D eigenvalue weighted by atomic mass is 10.3. The molecule has 2 rings (SSSR count). The number of hydrogen-bond acceptors (Lipinski definition) is 4. The molecule has 1 atom stereocenters. The number of carboxylic acids is 1. The summed E-state index contributed by atoms with van der Waals surface area (Å²) in [5.74, 6) is -0.909. The lowest BCUT2D eigenvalue weighted by Gasteiger charge is -2.15. The van der Waals surface area contributed by atoms with E-state index in [1.54, 1.807) is 29.9 Å². The second kappa shape index (κ2) is 8.73. The van der Waals surface area contributed by atoms with Crippen LogP contribution in [0.4, 0.5) is 5.69 Å². The summed E-state index contributed by atoms with van der Waals surface area (Å²) in [5.41, 5.74) is 0.493. The topological polar surface area (TPSA) is 93.5 Å². The van der Waals surface area contributed by atoms with Gasteiger partial charge in [-0.1, -0.05) is 23.2 Å². The molecular weight excluding hydrogens is 369 g/mol. The Balaban J connectivity index is 1.89. The Morgan fingerprint density at radius 2 is 2.16 bits per heavy atom.